The van der Waals surface area contributed by atoms with Crippen molar-refractivity contribution < 1.29 is 9.47 Å². The molecule has 2 saturated heterocycles. The number of piperidine rings is 1. The van der Waals surface area contributed by atoms with E-state index >= 15 is 0 Å². The first-order chi connectivity index (χ1) is 17.5. The molecule has 1 N–H and O–H groups in total. The molecule has 1 atom stereocenters. The Bertz CT molecular complexity index is 1230. The highest BCUT2D eigenvalue weighted by Crippen LogP contribution is 2.39. The van der Waals surface area contributed by atoms with Gasteiger partial charge in [0, 0.05) is 51.0 Å². The van der Waals surface area contributed by atoms with E-state index < -0.39 is 5.54 Å². The average Bonchev–Trinajstić information content (AvgIpc) is 3.56. The van der Waals surface area contributed by atoms with Crippen LogP contribution in [-0.2, 0) is 28.1 Å². The fourth-order valence-electron chi connectivity index (χ4n) is 5.66. The fraction of sp³-hybridized carbons (Fsp3) is 0.615. The van der Waals surface area contributed by atoms with Crippen molar-refractivity contribution in [2.24, 2.45) is 0 Å². The van der Waals surface area contributed by atoms with Gasteiger partial charge in [0.2, 0.25) is 0 Å². The molecule has 10 nitrogen and oxygen atoms in total. The number of nitrogens with one attached hydrogen (secondary N) is 1. The highest BCUT2D eigenvalue weighted by molar-refractivity contribution is 5.79. The zero-order chi connectivity index (χ0) is 25.1. The van der Waals surface area contributed by atoms with Gasteiger partial charge >= 0.3 is 0 Å². The monoisotopic (exact) mass is 495 g/mol. The van der Waals surface area contributed by atoms with E-state index in [1.54, 1.807) is 7.11 Å². The number of likely N-dealkylation sites (tertiary alicyclic amines) is 1. The molecule has 10 heteroatoms. The van der Waals surface area contributed by atoms with Crippen LogP contribution in [0.2, 0.25) is 0 Å². The summed E-state index contributed by atoms with van der Waals surface area (Å²) in [7, 11) is 3.84. The molecule has 3 aromatic rings. The molecule has 4 heterocycles. The summed E-state index contributed by atoms with van der Waals surface area (Å²) < 4.78 is 13.3. The van der Waals surface area contributed by atoms with Crippen molar-refractivity contribution in [1.29, 1.82) is 0 Å². The number of aromatic amines is 1. The number of hydrogen-bond acceptors (Lipinski definition) is 8. The molecule has 0 spiro atoms. The Labute approximate surface area is 211 Å². The van der Waals surface area contributed by atoms with Crippen molar-refractivity contribution in [1.82, 2.24) is 35.0 Å². The molecule has 2 aliphatic rings. The smallest absolute Gasteiger partial charge is 0.252 e. The van der Waals surface area contributed by atoms with Crippen molar-refractivity contribution in [3.05, 3.63) is 51.6 Å². The molecule has 2 aromatic heterocycles. The maximum absolute atomic E-state index is 13.2. The summed E-state index contributed by atoms with van der Waals surface area (Å²) in [5.74, 6) is 0.846. The lowest BCUT2D eigenvalue weighted by Crippen LogP contribution is -2.55. The second kappa shape index (κ2) is 10.8. The van der Waals surface area contributed by atoms with Crippen molar-refractivity contribution in [2.75, 3.05) is 47.0 Å². The van der Waals surface area contributed by atoms with Gasteiger partial charge in [-0.3, -0.25) is 9.69 Å². The van der Waals surface area contributed by atoms with Crippen LogP contribution in [0.5, 0.6) is 0 Å². The van der Waals surface area contributed by atoms with Crippen LogP contribution in [0.4, 0.5) is 0 Å². The second-order valence-corrected chi connectivity index (χ2v) is 10.3. The number of fused-ring (bicyclic) bond motifs is 1. The van der Waals surface area contributed by atoms with E-state index in [1.807, 2.05) is 22.9 Å². The Hall–Kier alpha value is -2.66. The molecule has 0 unspecified atom stereocenters. The van der Waals surface area contributed by atoms with Crippen molar-refractivity contribution in [3.8, 4) is 0 Å². The van der Waals surface area contributed by atoms with E-state index in [9.17, 15) is 4.79 Å². The Morgan fingerprint density at radius 2 is 2.11 bits per heavy atom. The molecule has 0 radical (unpaired) electrons. The van der Waals surface area contributed by atoms with E-state index in [4.69, 9.17) is 9.47 Å². The molecule has 194 valence electrons. The van der Waals surface area contributed by atoms with Crippen LogP contribution in [-0.4, -0.2) is 88.1 Å². The number of aryl methyl sites for hydroxylation is 1. The molecular weight excluding hydrogens is 458 g/mol. The van der Waals surface area contributed by atoms with E-state index in [1.165, 1.54) is 5.56 Å². The summed E-state index contributed by atoms with van der Waals surface area (Å²) in [5.41, 5.74) is 2.31. The number of pyridine rings is 1. The van der Waals surface area contributed by atoms with Crippen LogP contribution in [0.1, 0.15) is 42.6 Å². The number of rotatable bonds is 9. The Morgan fingerprint density at radius 1 is 1.28 bits per heavy atom. The SMILES string of the molecule is COCCn1nnnc1C1(N(Cc2cc3cc(C)ccc3[nH]c2=O)C[C@@H]2CCCO2)CCN(C)CC1. The quantitative estimate of drug-likeness (QED) is 0.482. The third kappa shape index (κ3) is 5.08. The van der Waals surface area contributed by atoms with Gasteiger partial charge in [-0.1, -0.05) is 11.6 Å². The van der Waals surface area contributed by atoms with Crippen LogP contribution in [0.3, 0.4) is 0 Å². The number of hydrogen-bond donors (Lipinski definition) is 1. The number of ether oxygens (including phenoxy) is 2. The van der Waals surface area contributed by atoms with Crippen molar-refractivity contribution in [3.63, 3.8) is 0 Å². The first kappa shape index (κ1) is 25.0. The fourth-order valence-corrected chi connectivity index (χ4v) is 5.66. The third-order valence-corrected chi connectivity index (χ3v) is 7.76. The number of tetrazole rings is 1. The highest BCUT2D eigenvalue weighted by atomic mass is 16.5. The minimum Gasteiger partial charge on any atom is -0.383 e. The minimum absolute atomic E-state index is 0.0502. The van der Waals surface area contributed by atoms with Gasteiger partial charge in [-0.15, -0.1) is 5.10 Å². The standard InChI is InChI=1S/C26H37N7O3/c1-19-6-7-23-20(15-19)16-21(24(34)27-23)17-32(18-22-5-4-13-36-22)26(8-10-31(2)11-9-26)25-28-29-30-33(25)12-14-35-3/h6-7,15-16,22H,4-5,8-14,17-18H2,1-3H3,(H,27,34)/t22-/m0/s1. The van der Waals surface area contributed by atoms with E-state index in [0.717, 1.165) is 74.2 Å². The first-order valence-corrected chi connectivity index (χ1v) is 12.9. The van der Waals surface area contributed by atoms with Crippen LogP contribution < -0.4 is 5.56 Å². The largest absolute Gasteiger partial charge is 0.383 e. The second-order valence-electron chi connectivity index (χ2n) is 10.3. The lowest BCUT2D eigenvalue weighted by atomic mass is 9.83. The molecular formula is C26H37N7O3. The lowest BCUT2D eigenvalue weighted by Gasteiger charge is -2.48. The molecule has 2 aliphatic heterocycles. The number of benzene rings is 1. The van der Waals surface area contributed by atoms with Gasteiger partial charge in [-0.2, -0.15) is 0 Å². The van der Waals surface area contributed by atoms with Gasteiger partial charge in [0.25, 0.3) is 5.56 Å². The topological polar surface area (TPSA) is 101 Å². The predicted molar refractivity (Wildman–Crippen MR) is 137 cm³/mol. The molecule has 36 heavy (non-hydrogen) atoms. The Balaban J connectivity index is 1.57. The average molecular weight is 496 g/mol. The maximum atomic E-state index is 13.2. The summed E-state index contributed by atoms with van der Waals surface area (Å²) in [4.78, 5) is 21.1. The van der Waals surface area contributed by atoms with Crippen LogP contribution in [0.15, 0.2) is 29.1 Å². The first-order valence-electron chi connectivity index (χ1n) is 12.9. The zero-order valence-electron chi connectivity index (χ0n) is 21.6. The molecule has 0 aliphatic carbocycles. The minimum atomic E-state index is -0.413. The van der Waals surface area contributed by atoms with Gasteiger partial charge < -0.3 is 19.4 Å². The lowest BCUT2D eigenvalue weighted by molar-refractivity contribution is -0.0284. The molecule has 0 bridgehead atoms. The maximum Gasteiger partial charge on any atom is 0.252 e. The van der Waals surface area contributed by atoms with Gasteiger partial charge in [0.05, 0.1) is 24.8 Å². The van der Waals surface area contributed by atoms with Crippen LogP contribution in [0.25, 0.3) is 10.9 Å². The number of nitrogens with zero attached hydrogens (tertiary/aromatic N) is 6. The summed E-state index contributed by atoms with van der Waals surface area (Å²) in [6.07, 6.45) is 3.96. The van der Waals surface area contributed by atoms with E-state index in [0.29, 0.717) is 19.7 Å². The zero-order valence-corrected chi connectivity index (χ0v) is 21.6. The molecule has 2 fully saturated rings. The van der Waals surface area contributed by atoms with E-state index in [-0.39, 0.29) is 11.7 Å². The number of aromatic nitrogens is 5. The molecule has 0 saturated carbocycles. The Morgan fingerprint density at radius 3 is 2.86 bits per heavy atom. The van der Waals surface area contributed by atoms with Crippen LogP contribution in [0, 0.1) is 6.92 Å². The van der Waals surface area contributed by atoms with Crippen molar-refractivity contribution >= 4 is 10.9 Å². The van der Waals surface area contributed by atoms with Crippen molar-refractivity contribution in [2.45, 2.75) is 57.3 Å². The van der Waals surface area contributed by atoms with E-state index in [2.05, 4.69) is 50.3 Å². The highest BCUT2D eigenvalue weighted by Gasteiger charge is 2.46. The summed E-state index contributed by atoms with van der Waals surface area (Å²) in [6.45, 7) is 7.05. The molecule has 0 amide bonds. The number of H-pyrrole nitrogens is 1. The summed E-state index contributed by atoms with van der Waals surface area (Å²) in [5, 5.41) is 14.0. The third-order valence-electron chi connectivity index (χ3n) is 7.76. The molecule has 5 rings (SSSR count). The normalized spacial score (nSPS) is 20.5. The number of methoxy groups -OCH3 is 1. The van der Waals surface area contributed by atoms with Crippen LogP contribution >= 0.6 is 0 Å². The molecule has 1 aromatic carbocycles. The summed E-state index contributed by atoms with van der Waals surface area (Å²) in [6, 6.07) is 8.16. The van der Waals surface area contributed by atoms with Gasteiger partial charge in [0.15, 0.2) is 5.82 Å². The van der Waals surface area contributed by atoms with Gasteiger partial charge in [-0.05, 0) is 73.7 Å². The van der Waals surface area contributed by atoms with Gasteiger partial charge in [-0.25, -0.2) is 4.68 Å². The predicted octanol–water partition coefficient (Wildman–Crippen LogP) is 2.07. The Kier molecular flexibility index (Phi) is 7.47. The summed E-state index contributed by atoms with van der Waals surface area (Å²) >= 11 is 0. The van der Waals surface area contributed by atoms with Gasteiger partial charge in [0.1, 0.15) is 0 Å².